The van der Waals surface area contributed by atoms with Crippen LogP contribution in [0.15, 0.2) is 48.5 Å². The van der Waals surface area contributed by atoms with Crippen LogP contribution in [0.25, 0.3) is 0 Å². The van der Waals surface area contributed by atoms with Gasteiger partial charge in [-0.3, -0.25) is 9.59 Å². The average molecular weight is 354 g/mol. The zero-order chi connectivity index (χ0) is 18.8. The Morgan fingerprint density at radius 2 is 1.44 bits per heavy atom. The summed E-state index contributed by atoms with van der Waals surface area (Å²) >= 11 is 4.79. The van der Waals surface area contributed by atoms with Crippen molar-refractivity contribution in [1.82, 2.24) is 10.6 Å². The van der Waals surface area contributed by atoms with Crippen molar-refractivity contribution in [2.75, 3.05) is 14.1 Å². The summed E-state index contributed by atoms with van der Waals surface area (Å²) in [4.78, 5) is 22.6. The van der Waals surface area contributed by atoms with E-state index in [1.165, 1.54) is 0 Å². The first kappa shape index (κ1) is 19.8. The normalized spacial score (nSPS) is 9.00. The van der Waals surface area contributed by atoms with Crippen LogP contribution in [0.3, 0.4) is 0 Å². The van der Waals surface area contributed by atoms with E-state index in [-0.39, 0.29) is 11.8 Å². The van der Waals surface area contributed by atoms with Crippen molar-refractivity contribution < 1.29 is 9.59 Å². The van der Waals surface area contributed by atoms with Crippen LogP contribution in [-0.4, -0.2) is 30.9 Å². The SMILES string of the molecule is CNC(=O)c1cccc(C#N)c1.CNC(=O)c1cccc(C(N)=S)c1. The maximum atomic E-state index is 11.2. The summed E-state index contributed by atoms with van der Waals surface area (Å²) in [6.45, 7) is 0. The van der Waals surface area contributed by atoms with Gasteiger partial charge in [-0.15, -0.1) is 0 Å². The Kier molecular flexibility index (Phi) is 7.76. The molecule has 2 amide bonds. The molecule has 2 aromatic rings. The van der Waals surface area contributed by atoms with E-state index < -0.39 is 0 Å². The van der Waals surface area contributed by atoms with Gasteiger partial charge in [0.1, 0.15) is 4.99 Å². The first-order valence-corrected chi connectivity index (χ1v) is 7.68. The lowest BCUT2D eigenvalue weighted by Crippen LogP contribution is -2.18. The second kappa shape index (κ2) is 9.80. The molecule has 0 saturated carbocycles. The zero-order valence-electron chi connectivity index (χ0n) is 13.9. The number of nitrogens with two attached hydrogens (primary N) is 1. The van der Waals surface area contributed by atoms with E-state index in [1.54, 1.807) is 62.6 Å². The molecule has 0 spiro atoms. The molecule has 0 unspecified atom stereocenters. The topological polar surface area (TPSA) is 108 Å². The standard InChI is InChI=1S/C9H10N2OS.C9H8N2O/c1-11-9(12)7-4-2-3-6(5-7)8(10)13;1-11-9(12)8-4-2-3-7(5-8)6-10/h2-5H,1H3,(H2,10,13)(H,11,12);2-5H,1H3,(H,11,12). The maximum Gasteiger partial charge on any atom is 0.251 e. The summed E-state index contributed by atoms with van der Waals surface area (Å²) in [5.41, 5.74) is 7.70. The van der Waals surface area contributed by atoms with Crippen molar-refractivity contribution in [3.8, 4) is 6.07 Å². The van der Waals surface area contributed by atoms with Gasteiger partial charge in [-0.1, -0.05) is 30.4 Å². The van der Waals surface area contributed by atoms with Crippen LogP contribution in [0.2, 0.25) is 0 Å². The molecule has 0 aliphatic carbocycles. The third kappa shape index (κ3) is 6.05. The van der Waals surface area contributed by atoms with Crippen molar-refractivity contribution in [3.05, 3.63) is 70.8 Å². The Bertz CT molecular complexity index is 828. The number of thiocarbonyl (C=S) groups is 1. The smallest absolute Gasteiger partial charge is 0.251 e. The second-order valence-corrected chi connectivity index (χ2v) is 5.24. The molecule has 0 aromatic heterocycles. The first-order chi connectivity index (χ1) is 11.9. The Morgan fingerprint density at radius 3 is 1.92 bits per heavy atom. The van der Waals surface area contributed by atoms with E-state index in [9.17, 15) is 9.59 Å². The number of rotatable bonds is 3. The molecule has 0 heterocycles. The Hall–Kier alpha value is -3.24. The maximum absolute atomic E-state index is 11.2. The number of hydrogen-bond acceptors (Lipinski definition) is 4. The van der Waals surface area contributed by atoms with E-state index in [0.29, 0.717) is 27.2 Å². The zero-order valence-corrected chi connectivity index (χ0v) is 14.7. The van der Waals surface area contributed by atoms with Gasteiger partial charge in [-0.25, -0.2) is 0 Å². The molecule has 0 bridgehead atoms. The number of nitriles is 1. The lowest BCUT2D eigenvalue weighted by Gasteiger charge is -2.01. The summed E-state index contributed by atoms with van der Waals surface area (Å²) in [5, 5.41) is 13.5. The van der Waals surface area contributed by atoms with Crippen molar-refractivity contribution in [1.29, 1.82) is 5.26 Å². The molecule has 0 aliphatic rings. The molecule has 2 aromatic carbocycles. The molecular weight excluding hydrogens is 336 g/mol. The number of carbonyl (C=O) groups is 2. The van der Waals surface area contributed by atoms with E-state index in [0.717, 1.165) is 0 Å². The molecule has 128 valence electrons. The predicted molar refractivity (Wildman–Crippen MR) is 100 cm³/mol. The van der Waals surface area contributed by atoms with Gasteiger partial charge in [-0.2, -0.15) is 5.26 Å². The summed E-state index contributed by atoms with van der Waals surface area (Å²) in [6, 6.07) is 15.4. The molecule has 0 aliphatic heterocycles. The quantitative estimate of drug-likeness (QED) is 0.726. The fourth-order valence-electron chi connectivity index (χ4n) is 1.83. The molecule has 4 N–H and O–H groups in total. The number of hydrogen-bond donors (Lipinski definition) is 3. The van der Waals surface area contributed by atoms with Crippen LogP contribution < -0.4 is 16.4 Å². The highest BCUT2D eigenvalue weighted by atomic mass is 32.1. The largest absolute Gasteiger partial charge is 0.389 e. The van der Waals surface area contributed by atoms with Crippen LogP contribution in [0.1, 0.15) is 31.8 Å². The van der Waals surface area contributed by atoms with Crippen LogP contribution in [0.5, 0.6) is 0 Å². The average Bonchev–Trinajstić information content (AvgIpc) is 2.67. The van der Waals surface area contributed by atoms with Gasteiger partial charge in [0, 0.05) is 30.8 Å². The lowest BCUT2D eigenvalue weighted by atomic mass is 10.1. The van der Waals surface area contributed by atoms with Gasteiger partial charge in [0.25, 0.3) is 11.8 Å². The molecule has 25 heavy (non-hydrogen) atoms. The lowest BCUT2D eigenvalue weighted by molar-refractivity contribution is 0.0955. The molecule has 2 rings (SSSR count). The van der Waals surface area contributed by atoms with Gasteiger partial charge in [0.05, 0.1) is 11.6 Å². The molecular formula is C18H18N4O2S. The number of benzene rings is 2. The molecule has 0 atom stereocenters. The highest BCUT2D eigenvalue weighted by molar-refractivity contribution is 7.80. The van der Waals surface area contributed by atoms with Crippen molar-refractivity contribution in [2.24, 2.45) is 5.73 Å². The van der Waals surface area contributed by atoms with Gasteiger partial charge < -0.3 is 16.4 Å². The first-order valence-electron chi connectivity index (χ1n) is 7.27. The summed E-state index contributed by atoms with van der Waals surface area (Å²) < 4.78 is 0. The summed E-state index contributed by atoms with van der Waals surface area (Å²) in [7, 11) is 3.14. The van der Waals surface area contributed by atoms with Crippen LogP contribution in [0, 0.1) is 11.3 Å². The van der Waals surface area contributed by atoms with Crippen molar-refractivity contribution in [2.45, 2.75) is 0 Å². The third-order valence-corrected chi connectivity index (χ3v) is 3.35. The van der Waals surface area contributed by atoms with Crippen LogP contribution >= 0.6 is 12.2 Å². The number of carbonyl (C=O) groups excluding carboxylic acids is 2. The summed E-state index contributed by atoms with van der Waals surface area (Å²) in [5.74, 6) is -0.315. The number of nitrogens with zero attached hydrogens (tertiary/aromatic N) is 1. The number of amides is 2. The van der Waals surface area contributed by atoms with E-state index in [4.69, 9.17) is 23.2 Å². The van der Waals surface area contributed by atoms with Gasteiger partial charge >= 0.3 is 0 Å². The summed E-state index contributed by atoms with van der Waals surface area (Å²) in [6.07, 6.45) is 0. The minimum atomic E-state index is -0.174. The second-order valence-electron chi connectivity index (χ2n) is 4.80. The Labute approximate surface area is 151 Å². The molecule has 0 saturated heterocycles. The molecule has 7 heteroatoms. The Balaban J connectivity index is 0.000000251. The fraction of sp³-hybridized carbons (Fsp3) is 0.111. The molecule has 0 radical (unpaired) electrons. The van der Waals surface area contributed by atoms with Gasteiger partial charge in [-0.05, 0) is 30.3 Å². The monoisotopic (exact) mass is 354 g/mol. The highest BCUT2D eigenvalue weighted by Gasteiger charge is 2.04. The minimum Gasteiger partial charge on any atom is -0.389 e. The van der Waals surface area contributed by atoms with Gasteiger partial charge in [0.15, 0.2) is 0 Å². The highest BCUT2D eigenvalue weighted by Crippen LogP contribution is 2.05. The fourth-order valence-corrected chi connectivity index (χ4v) is 1.96. The predicted octanol–water partition coefficient (Wildman–Crippen LogP) is 1.60. The number of nitrogens with one attached hydrogen (secondary N) is 2. The van der Waals surface area contributed by atoms with E-state index >= 15 is 0 Å². The Morgan fingerprint density at radius 1 is 0.960 bits per heavy atom. The van der Waals surface area contributed by atoms with Crippen molar-refractivity contribution in [3.63, 3.8) is 0 Å². The van der Waals surface area contributed by atoms with Crippen molar-refractivity contribution >= 4 is 29.0 Å². The van der Waals surface area contributed by atoms with Gasteiger partial charge in [0.2, 0.25) is 0 Å². The van der Waals surface area contributed by atoms with E-state index in [2.05, 4.69) is 10.6 Å². The molecule has 0 fully saturated rings. The van der Waals surface area contributed by atoms with Crippen LogP contribution in [-0.2, 0) is 0 Å². The molecule has 6 nitrogen and oxygen atoms in total. The van der Waals surface area contributed by atoms with Crippen LogP contribution in [0.4, 0.5) is 0 Å². The van der Waals surface area contributed by atoms with E-state index in [1.807, 2.05) is 6.07 Å². The third-order valence-electron chi connectivity index (χ3n) is 3.12. The minimum absolute atomic E-state index is 0.141.